The minimum Gasteiger partial charge on any atom is -0.480 e. The lowest BCUT2D eigenvalue weighted by Crippen LogP contribution is -2.40. The molecule has 0 radical (unpaired) electrons. The van der Waals surface area contributed by atoms with Gasteiger partial charge < -0.3 is 14.5 Å². The minimum atomic E-state index is -0.910. The molecule has 1 saturated heterocycles. The highest BCUT2D eigenvalue weighted by molar-refractivity contribution is 5.84. The van der Waals surface area contributed by atoms with E-state index in [9.17, 15) is 9.59 Å². The van der Waals surface area contributed by atoms with Crippen LogP contribution in [0.5, 0.6) is 0 Å². The van der Waals surface area contributed by atoms with Gasteiger partial charge >= 0.3 is 5.97 Å². The maximum Gasteiger partial charge on any atom is 0.326 e. The van der Waals surface area contributed by atoms with Crippen molar-refractivity contribution in [3.63, 3.8) is 0 Å². The van der Waals surface area contributed by atoms with Gasteiger partial charge in [0.05, 0.1) is 0 Å². The number of aromatic nitrogens is 2. The molecule has 2 aliphatic rings. The van der Waals surface area contributed by atoms with Crippen molar-refractivity contribution in [2.45, 2.75) is 56.9 Å². The van der Waals surface area contributed by atoms with Crippen molar-refractivity contribution in [2.24, 2.45) is 0 Å². The molecular weight excluding hydrogens is 274 g/mol. The summed E-state index contributed by atoms with van der Waals surface area (Å²) < 4.78 is 5.15. The molecule has 1 amide bonds. The van der Waals surface area contributed by atoms with Gasteiger partial charge in [-0.3, -0.25) is 4.79 Å². The molecule has 1 N–H and O–H groups in total. The number of likely N-dealkylation sites (tertiary alicyclic amines) is 1. The molecule has 21 heavy (non-hydrogen) atoms. The van der Waals surface area contributed by atoms with Crippen LogP contribution < -0.4 is 0 Å². The fraction of sp³-hybridized carbons (Fsp3) is 0.714. The third-order valence-corrected chi connectivity index (χ3v) is 4.07. The van der Waals surface area contributed by atoms with Crippen LogP contribution in [0.3, 0.4) is 0 Å². The summed E-state index contributed by atoms with van der Waals surface area (Å²) in [5.74, 6) is 0.807. The lowest BCUT2D eigenvalue weighted by Gasteiger charge is -2.21. The zero-order chi connectivity index (χ0) is 14.8. The van der Waals surface area contributed by atoms with Crippen molar-refractivity contribution >= 4 is 11.9 Å². The van der Waals surface area contributed by atoms with Gasteiger partial charge in [-0.15, -0.1) is 0 Å². The highest BCUT2D eigenvalue weighted by Gasteiger charge is 2.33. The van der Waals surface area contributed by atoms with E-state index in [1.807, 2.05) is 0 Å². The molecule has 1 aromatic rings. The molecule has 3 rings (SSSR count). The van der Waals surface area contributed by atoms with Crippen LogP contribution in [0.15, 0.2) is 4.52 Å². The summed E-state index contributed by atoms with van der Waals surface area (Å²) in [6, 6.07) is -0.651. The first-order valence-electron chi connectivity index (χ1n) is 7.50. The van der Waals surface area contributed by atoms with Gasteiger partial charge in [0.25, 0.3) is 0 Å². The third kappa shape index (κ3) is 3.22. The van der Waals surface area contributed by atoms with Gasteiger partial charge in [0.15, 0.2) is 5.82 Å². The van der Waals surface area contributed by atoms with Crippen LogP contribution in [0.1, 0.15) is 56.2 Å². The number of hydrogen-bond donors (Lipinski definition) is 1. The molecule has 1 atom stereocenters. The predicted molar refractivity (Wildman–Crippen MR) is 71.6 cm³/mol. The zero-order valence-corrected chi connectivity index (χ0v) is 11.8. The van der Waals surface area contributed by atoms with Crippen molar-refractivity contribution < 1.29 is 19.2 Å². The molecule has 114 valence electrons. The molecule has 1 saturated carbocycles. The van der Waals surface area contributed by atoms with Crippen molar-refractivity contribution in [3.05, 3.63) is 11.7 Å². The van der Waals surface area contributed by atoms with E-state index >= 15 is 0 Å². The minimum absolute atomic E-state index is 0.0955. The van der Waals surface area contributed by atoms with E-state index in [0.717, 1.165) is 25.1 Å². The summed E-state index contributed by atoms with van der Waals surface area (Å²) in [5.41, 5.74) is 0. The molecule has 1 aliphatic heterocycles. The van der Waals surface area contributed by atoms with Crippen LogP contribution in [-0.4, -0.2) is 44.6 Å². The van der Waals surface area contributed by atoms with E-state index < -0.39 is 12.0 Å². The molecule has 0 spiro atoms. The number of rotatable bonds is 6. The van der Waals surface area contributed by atoms with Crippen molar-refractivity contribution in [1.29, 1.82) is 0 Å². The van der Waals surface area contributed by atoms with Gasteiger partial charge in [0.2, 0.25) is 11.8 Å². The van der Waals surface area contributed by atoms with Crippen LogP contribution in [-0.2, 0) is 16.0 Å². The normalized spacial score (nSPS) is 21.7. The second-order valence-corrected chi connectivity index (χ2v) is 5.76. The second kappa shape index (κ2) is 5.83. The summed E-state index contributed by atoms with van der Waals surface area (Å²) in [6.07, 6.45) is 5.06. The Morgan fingerprint density at radius 2 is 2.14 bits per heavy atom. The number of carboxylic acids is 1. The molecule has 2 fully saturated rings. The van der Waals surface area contributed by atoms with E-state index in [0.29, 0.717) is 44.0 Å². The number of aryl methyl sites for hydroxylation is 1. The van der Waals surface area contributed by atoms with Crippen LogP contribution in [0.2, 0.25) is 0 Å². The van der Waals surface area contributed by atoms with E-state index in [1.165, 1.54) is 4.90 Å². The standard InChI is InChI=1S/C14H19N3O4/c18-12(17-8-2-3-10(17)14(19)20)5-1-4-11-15-13(16-21-11)9-6-7-9/h9-10H,1-8H2,(H,19,20). The largest absolute Gasteiger partial charge is 0.480 e. The van der Waals surface area contributed by atoms with Crippen molar-refractivity contribution in [2.75, 3.05) is 6.54 Å². The number of hydrogen-bond acceptors (Lipinski definition) is 5. The van der Waals surface area contributed by atoms with Crippen LogP contribution in [0, 0.1) is 0 Å². The Bertz CT molecular complexity index is 538. The first-order chi connectivity index (χ1) is 10.1. The number of aliphatic carboxylic acids is 1. The summed E-state index contributed by atoms with van der Waals surface area (Å²) in [4.78, 5) is 28.9. The SMILES string of the molecule is O=C(O)C1CCCN1C(=O)CCCc1nc(C2CC2)no1. The highest BCUT2D eigenvalue weighted by Crippen LogP contribution is 2.38. The lowest BCUT2D eigenvalue weighted by molar-refractivity contribution is -0.148. The predicted octanol–water partition coefficient (Wildman–Crippen LogP) is 1.35. The van der Waals surface area contributed by atoms with E-state index in [-0.39, 0.29) is 5.91 Å². The first kappa shape index (κ1) is 14.0. The summed E-state index contributed by atoms with van der Waals surface area (Å²) in [6.45, 7) is 0.544. The highest BCUT2D eigenvalue weighted by atomic mass is 16.5. The Hall–Kier alpha value is -1.92. The molecule has 1 unspecified atom stereocenters. The van der Waals surface area contributed by atoms with Crippen LogP contribution >= 0.6 is 0 Å². The fourth-order valence-corrected chi connectivity index (χ4v) is 2.73. The molecule has 1 aromatic heterocycles. The molecule has 2 heterocycles. The monoisotopic (exact) mass is 293 g/mol. The van der Waals surface area contributed by atoms with Gasteiger partial charge in [-0.2, -0.15) is 4.98 Å². The quantitative estimate of drug-likeness (QED) is 0.850. The van der Waals surface area contributed by atoms with E-state index in [1.54, 1.807) is 0 Å². The van der Waals surface area contributed by atoms with Gasteiger partial charge in [-0.25, -0.2) is 4.79 Å². The average Bonchev–Trinajstić information content (AvgIpc) is 3.01. The van der Waals surface area contributed by atoms with Gasteiger partial charge in [-0.05, 0) is 32.1 Å². The van der Waals surface area contributed by atoms with Gasteiger partial charge in [0, 0.05) is 25.3 Å². The fourth-order valence-electron chi connectivity index (χ4n) is 2.73. The number of carboxylic acid groups (broad SMARTS) is 1. The smallest absolute Gasteiger partial charge is 0.326 e. The number of amides is 1. The van der Waals surface area contributed by atoms with Crippen molar-refractivity contribution in [1.82, 2.24) is 15.0 Å². The Kier molecular flexibility index (Phi) is 3.90. The average molecular weight is 293 g/mol. The van der Waals surface area contributed by atoms with Gasteiger partial charge in [0.1, 0.15) is 6.04 Å². The van der Waals surface area contributed by atoms with Crippen LogP contribution in [0.25, 0.3) is 0 Å². The summed E-state index contributed by atoms with van der Waals surface area (Å²) in [7, 11) is 0. The molecule has 0 aromatic carbocycles. The Balaban J connectivity index is 1.45. The first-order valence-corrected chi connectivity index (χ1v) is 7.50. The van der Waals surface area contributed by atoms with Crippen molar-refractivity contribution in [3.8, 4) is 0 Å². The molecule has 1 aliphatic carbocycles. The topological polar surface area (TPSA) is 96.5 Å². The van der Waals surface area contributed by atoms with E-state index in [2.05, 4.69) is 10.1 Å². The third-order valence-electron chi connectivity index (χ3n) is 4.07. The number of carbonyl (C=O) groups excluding carboxylic acids is 1. The van der Waals surface area contributed by atoms with E-state index in [4.69, 9.17) is 9.63 Å². The Morgan fingerprint density at radius 1 is 1.33 bits per heavy atom. The summed E-state index contributed by atoms with van der Waals surface area (Å²) in [5, 5.41) is 13.0. The second-order valence-electron chi connectivity index (χ2n) is 5.76. The maximum absolute atomic E-state index is 12.1. The zero-order valence-electron chi connectivity index (χ0n) is 11.8. The lowest BCUT2D eigenvalue weighted by atomic mass is 10.2. The Morgan fingerprint density at radius 3 is 2.86 bits per heavy atom. The number of carbonyl (C=O) groups is 2. The molecule has 0 bridgehead atoms. The van der Waals surface area contributed by atoms with Gasteiger partial charge in [-0.1, -0.05) is 5.16 Å². The molecule has 7 heteroatoms. The molecular formula is C14H19N3O4. The Labute approximate surface area is 122 Å². The summed E-state index contributed by atoms with van der Waals surface area (Å²) >= 11 is 0. The molecule has 7 nitrogen and oxygen atoms in total. The van der Waals surface area contributed by atoms with Crippen LogP contribution in [0.4, 0.5) is 0 Å². The maximum atomic E-state index is 12.1. The number of nitrogens with zero attached hydrogens (tertiary/aromatic N) is 3.